The Bertz CT molecular complexity index is 333. The van der Waals surface area contributed by atoms with E-state index in [2.05, 4.69) is 13.8 Å². The van der Waals surface area contributed by atoms with E-state index in [4.69, 9.17) is 4.74 Å². The molecule has 31 heavy (non-hydrogen) atoms. The predicted octanol–water partition coefficient (Wildman–Crippen LogP) is 10.4. The van der Waals surface area contributed by atoms with Crippen molar-refractivity contribution in [2.45, 2.75) is 168 Å². The first-order valence-corrected chi connectivity index (χ1v) is 14.0. The normalized spacial score (nSPS) is 10.8. The lowest BCUT2D eigenvalue weighted by Crippen LogP contribution is -2.05. The van der Waals surface area contributed by atoms with Crippen molar-refractivity contribution in [3.05, 3.63) is 0 Å². The predicted molar refractivity (Wildman–Crippen MR) is 140 cm³/mol. The highest BCUT2D eigenvalue weighted by atomic mass is 35.5. The number of carbonyl (C=O) groups is 1. The van der Waals surface area contributed by atoms with Gasteiger partial charge in [-0.2, -0.15) is 0 Å². The van der Waals surface area contributed by atoms with Gasteiger partial charge < -0.3 is 4.74 Å². The number of ether oxygens (including phenoxy) is 1. The minimum absolute atomic E-state index is 0. The lowest BCUT2D eigenvalue weighted by molar-refractivity contribution is -0.143. The monoisotopic (exact) mass is 460 g/mol. The summed E-state index contributed by atoms with van der Waals surface area (Å²) < 4.78 is 5.39. The molecule has 0 unspecified atom stereocenters. The van der Waals surface area contributed by atoms with Crippen molar-refractivity contribution in [1.29, 1.82) is 0 Å². The average molecular weight is 461 g/mol. The Balaban J connectivity index is 0. The van der Waals surface area contributed by atoms with Crippen LogP contribution in [0.5, 0.6) is 0 Å². The van der Waals surface area contributed by atoms with Crippen LogP contribution in [0.3, 0.4) is 0 Å². The summed E-state index contributed by atoms with van der Waals surface area (Å²) in [6.07, 6.45) is 31.3. The van der Waals surface area contributed by atoms with Crippen LogP contribution in [-0.2, 0) is 9.53 Å². The molecule has 188 valence electrons. The molecule has 0 radical (unpaired) electrons. The molecule has 0 aromatic rings. The van der Waals surface area contributed by atoms with Gasteiger partial charge in [0, 0.05) is 6.42 Å². The highest BCUT2D eigenvalue weighted by molar-refractivity contribution is 5.85. The second-order valence-corrected chi connectivity index (χ2v) is 9.40. The van der Waals surface area contributed by atoms with Gasteiger partial charge in [0.05, 0.1) is 6.61 Å². The number of halogens is 1. The van der Waals surface area contributed by atoms with Crippen molar-refractivity contribution in [3.63, 3.8) is 0 Å². The van der Waals surface area contributed by atoms with Crippen LogP contribution in [0.15, 0.2) is 0 Å². The number of rotatable bonds is 25. The van der Waals surface area contributed by atoms with Gasteiger partial charge >= 0.3 is 5.97 Å². The van der Waals surface area contributed by atoms with Crippen LogP contribution >= 0.6 is 12.4 Å². The van der Waals surface area contributed by atoms with Crippen molar-refractivity contribution in [3.8, 4) is 0 Å². The molecule has 0 bridgehead atoms. The van der Waals surface area contributed by atoms with Crippen LogP contribution in [-0.4, -0.2) is 12.6 Å². The van der Waals surface area contributed by atoms with E-state index in [0.29, 0.717) is 13.0 Å². The molecule has 0 saturated heterocycles. The third-order valence-corrected chi connectivity index (χ3v) is 6.25. The zero-order chi connectivity index (χ0) is 22.0. The molecule has 0 N–H and O–H groups in total. The van der Waals surface area contributed by atoms with Crippen molar-refractivity contribution in [2.75, 3.05) is 6.61 Å². The first-order chi connectivity index (χ1) is 14.8. The zero-order valence-corrected chi connectivity index (χ0v) is 22.2. The number of unbranched alkanes of at least 4 members (excludes halogenated alkanes) is 21. The molecule has 0 rings (SSSR count). The van der Waals surface area contributed by atoms with Crippen LogP contribution in [0.25, 0.3) is 0 Å². The highest BCUT2D eigenvalue weighted by Gasteiger charge is 2.02. The van der Waals surface area contributed by atoms with E-state index in [0.717, 1.165) is 12.8 Å². The molecular formula is C28H57ClO2. The van der Waals surface area contributed by atoms with Gasteiger partial charge in [-0.1, -0.05) is 149 Å². The lowest BCUT2D eigenvalue weighted by Gasteiger charge is -2.06. The highest BCUT2D eigenvalue weighted by Crippen LogP contribution is 2.13. The average Bonchev–Trinajstić information content (AvgIpc) is 2.75. The fraction of sp³-hybridized carbons (Fsp3) is 0.964. The summed E-state index contributed by atoms with van der Waals surface area (Å²) in [7, 11) is 0. The van der Waals surface area contributed by atoms with Gasteiger partial charge in [-0.05, 0) is 12.8 Å². The molecule has 0 heterocycles. The van der Waals surface area contributed by atoms with Crippen LogP contribution in [0.1, 0.15) is 168 Å². The molecule has 0 spiro atoms. The minimum atomic E-state index is 0. The topological polar surface area (TPSA) is 26.3 Å². The molecular weight excluding hydrogens is 404 g/mol. The minimum Gasteiger partial charge on any atom is -0.466 e. The summed E-state index contributed by atoms with van der Waals surface area (Å²) >= 11 is 0. The maximum Gasteiger partial charge on any atom is 0.305 e. The Morgan fingerprint density at radius 3 is 1.10 bits per heavy atom. The summed E-state index contributed by atoms with van der Waals surface area (Å²) in [6.45, 7) is 5.18. The maximum absolute atomic E-state index is 11.8. The molecule has 0 aliphatic carbocycles. The van der Waals surface area contributed by atoms with Gasteiger partial charge in [0.15, 0.2) is 0 Å². The molecule has 0 aliphatic rings. The Hall–Kier alpha value is -0.240. The van der Waals surface area contributed by atoms with Gasteiger partial charge in [-0.15, -0.1) is 12.4 Å². The Kier molecular flexibility index (Phi) is 31.6. The van der Waals surface area contributed by atoms with Crippen molar-refractivity contribution >= 4 is 18.4 Å². The molecule has 3 heteroatoms. The molecule has 2 nitrogen and oxygen atoms in total. The van der Waals surface area contributed by atoms with Gasteiger partial charge in [0.2, 0.25) is 0 Å². The summed E-state index contributed by atoms with van der Waals surface area (Å²) in [5.74, 6) is 0.0222. The standard InChI is InChI=1S/C28H56O2.ClH/c1-3-5-7-9-11-13-15-17-19-21-23-25-27-30-28(29)26-24-22-20-18-16-14-12-10-8-6-4-2;/h3-27H2,1-2H3;1H. The van der Waals surface area contributed by atoms with E-state index < -0.39 is 0 Å². The third kappa shape index (κ3) is 29.8. The Labute approximate surface area is 202 Å². The van der Waals surface area contributed by atoms with E-state index in [1.54, 1.807) is 0 Å². The molecule has 0 aromatic carbocycles. The van der Waals surface area contributed by atoms with Gasteiger partial charge in [0.25, 0.3) is 0 Å². The number of esters is 1. The number of hydrogen-bond acceptors (Lipinski definition) is 2. The smallest absolute Gasteiger partial charge is 0.305 e. The van der Waals surface area contributed by atoms with Crippen molar-refractivity contribution in [1.82, 2.24) is 0 Å². The molecule has 0 aromatic heterocycles. The third-order valence-electron chi connectivity index (χ3n) is 6.25. The van der Waals surface area contributed by atoms with E-state index in [-0.39, 0.29) is 18.4 Å². The molecule has 0 fully saturated rings. The van der Waals surface area contributed by atoms with Gasteiger partial charge in [0.1, 0.15) is 0 Å². The van der Waals surface area contributed by atoms with E-state index in [9.17, 15) is 4.79 Å². The molecule has 0 aliphatic heterocycles. The number of hydrogen-bond donors (Lipinski definition) is 0. The van der Waals surface area contributed by atoms with Crippen LogP contribution in [0.4, 0.5) is 0 Å². The Morgan fingerprint density at radius 1 is 0.452 bits per heavy atom. The zero-order valence-electron chi connectivity index (χ0n) is 21.4. The van der Waals surface area contributed by atoms with Crippen molar-refractivity contribution in [2.24, 2.45) is 0 Å². The quantitative estimate of drug-likeness (QED) is 0.0999. The fourth-order valence-corrected chi connectivity index (χ4v) is 4.13. The van der Waals surface area contributed by atoms with Crippen LogP contribution in [0.2, 0.25) is 0 Å². The van der Waals surface area contributed by atoms with E-state index in [1.165, 1.54) is 135 Å². The maximum atomic E-state index is 11.8. The molecule has 0 atom stereocenters. The van der Waals surface area contributed by atoms with E-state index in [1.807, 2.05) is 0 Å². The van der Waals surface area contributed by atoms with Gasteiger partial charge in [-0.25, -0.2) is 0 Å². The van der Waals surface area contributed by atoms with Crippen LogP contribution in [0, 0.1) is 0 Å². The summed E-state index contributed by atoms with van der Waals surface area (Å²) in [5, 5.41) is 0. The molecule has 0 saturated carbocycles. The second kappa shape index (κ2) is 29.8. The SMILES string of the molecule is CCCCCCCCCCCCCCOC(=O)CCCCCCCCCCCCC.Cl. The van der Waals surface area contributed by atoms with Crippen LogP contribution < -0.4 is 0 Å². The second-order valence-electron chi connectivity index (χ2n) is 9.40. The van der Waals surface area contributed by atoms with E-state index >= 15 is 0 Å². The fourth-order valence-electron chi connectivity index (χ4n) is 4.13. The summed E-state index contributed by atoms with van der Waals surface area (Å²) in [6, 6.07) is 0. The summed E-state index contributed by atoms with van der Waals surface area (Å²) in [5.41, 5.74) is 0. The first kappa shape index (κ1) is 32.9. The summed E-state index contributed by atoms with van der Waals surface area (Å²) in [4.78, 5) is 11.8. The number of carbonyl (C=O) groups excluding carboxylic acids is 1. The largest absolute Gasteiger partial charge is 0.466 e. The first-order valence-electron chi connectivity index (χ1n) is 14.0. The van der Waals surface area contributed by atoms with Gasteiger partial charge in [-0.3, -0.25) is 4.79 Å². The molecule has 0 amide bonds. The van der Waals surface area contributed by atoms with Crippen molar-refractivity contribution < 1.29 is 9.53 Å². The Morgan fingerprint density at radius 2 is 0.742 bits per heavy atom. The lowest BCUT2D eigenvalue weighted by atomic mass is 10.1.